The van der Waals surface area contributed by atoms with Crippen molar-refractivity contribution in [3.63, 3.8) is 0 Å². The molecule has 1 heterocycles. The lowest BCUT2D eigenvalue weighted by Gasteiger charge is -2.20. The maximum atomic E-state index is 11.7. The second kappa shape index (κ2) is 6.65. The Morgan fingerprint density at radius 1 is 1.25 bits per heavy atom. The lowest BCUT2D eigenvalue weighted by Crippen LogP contribution is -2.34. The van der Waals surface area contributed by atoms with Gasteiger partial charge >= 0.3 is 12.1 Å². The van der Waals surface area contributed by atoms with Crippen molar-refractivity contribution in [2.24, 2.45) is 0 Å². The van der Waals surface area contributed by atoms with Crippen molar-refractivity contribution in [2.45, 2.75) is 26.4 Å². The number of hydrogen-bond donors (Lipinski definition) is 1. The van der Waals surface area contributed by atoms with E-state index in [-0.39, 0.29) is 5.70 Å². The summed E-state index contributed by atoms with van der Waals surface area (Å²) in [7, 11) is 1.22. The van der Waals surface area contributed by atoms with Crippen molar-refractivity contribution in [1.82, 2.24) is 15.3 Å². The van der Waals surface area contributed by atoms with Crippen LogP contribution in [0.2, 0.25) is 0 Å². The van der Waals surface area contributed by atoms with Crippen LogP contribution in [0.3, 0.4) is 0 Å². The van der Waals surface area contributed by atoms with E-state index in [1.165, 1.54) is 31.9 Å². The van der Waals surface area contributed by atoms with Gasteiger partial charge in [0, 0.05) is 18.0 Å². The molecule has 1 aromatic rings. The molecule has 7 nitrogen and oxygen atoms in total. The van der Waals surface area contributed by atoms with Crippen molar-refractivity contribution in [3.8, 4) is 0 Å². The highest BCUT2D eigenvalue weighted by molar-refractivity contribution is 5.96. The van der Waals surface area contributed by atoms with E-state index in [1.54, 1.807) is 20.8 Å². The Kier molecular flexibility index (Phi) is 5.19. The Hall–Kier alpha value is -2.44. The third-order valence-electron chi connectivity index (χ3n) is 1.93. The van der Waals surface area contributed by atoms with Crippen LogP contribution in [0.25, 0.3) is 6.08 Å². The summed E-state index contributed by atoms with van der Waals surface area (Å²) in [4.78, 5) is 30.9. The zero-order valence-electron chi connectivity index (χ0n) is 11.8. The zero-order chi connectivity index (χ0) is 15.2. The molecule has 1 N–H and O–H groups in total. The SMILES string of the molecule is COC(=O)/C(=C\c1cncnc1)NC(=O)OC(C)(C)C. The lowest BCUT2D eigenvalue weighted by molar-refractivity contribution is -0.136. The number of nitrogens with one attached hydrogen (secondary N) is 1. The second-order valence-corrected chi connectivity index (χ2v) is 4.85. The van der Waals surface area contributed by atoms with Crippen LogP contribution >= 0.6 is 0 Å². The smallest absolute Gasteiger partial charge is 0.412 e. The molecule has 0 saturated heterocycles. The number of ether oxygens (including phenoxy) is 2. The highest BCUT2D eigenvalue weighted by atomic mass is 16.6. The number of carbonyl (C=O) groups excluding carboxylic acids is 2. The van der Waals surface area contributed by atoms with E-state index in [2.05, 4.69) is 20.0 Å². The van der Waals surface area contributed by atoms with Gasteiger partial charge in [-0.15, -0.1) is 0 Å². The van der Waals surface area contributed by atoms with E-state index in [0.29, 0.717) is 5.56 Å². The van der Waals surface area contributed by atoms with Crippen LogP contribution < -0.4 is 5.32 Å². The summed E-state index contributed by atoms with van der Waals surface area (Å²) >= 11 is 0. The molecule has 1 amide bonds. The predicted octanol–water partition coefficient (Wildman–Crippen LogP) is 1.52. The van der Waals surface area contributed by atoms with Crippen LogP contribution in [-0.4, -0.2) is 34.7 Å². The van der Waals surface area contributed by atoms with Gasteiger partial charge in [0.05, 0.1) is 7.11 Å². The molecule has 108 valence electrons. The van der Waals surface area contributed by atoms with Gasteiger partial charge < -0.3 is 9.47 Å². The van der Waals surface area contributed by atoms with Crippen LogP contribution in [0.5, 0.6) is 0 Å². The molecule has 1 rings (SSSR count). The quantitative estimate of drug-likeness (QED) is 0.666. The van der Waals surface area contributed by atoms with Crippen molar-refractivity contribution in [2.75, 3.05) is 7.11 Å². The minimum atomic E-state index is -0.744. The Balaban J connectivity index is 2.89. The molecule has 7 heteroatoms. The molecule has 0 radical (unpaired) electrons. The maximum Gasteiger partial charge on any atom is 0.412 e. The van der Waals surface area contributed by atoms with Gasteiger partial charge in [-0.05, 0) is 26.8 Å². The molecule has 0 unspecified atom stereocenters. The molecule has 0 fully saturated rings. The van der Waals surface area contributed by atoms with Gasteiger partial charge in [-0.3, -0.25) is 5.32 Å². The van der Waals surface area contributed by atoms with Gasteiger partial charge in [0.15, 0.2) is 0 Å². The number of methoxy groups -OCH3 is 1. The first-order valence-electron chi connectivity index (χ1n) is 5.87. The van der Waals surface area contributed by atoms with E-state index >= 15 is 0 Å². The van der Waals surface area contributed by atoms with Crippen molar-refractivity contribution in [1.29, 1.82) is 0 Å². The standard InChI is InChI=1S/C13H17N3O4/c1-13(2,3)20-12(18)16-10(11(17)19-4)5-9-6-14-8-15-7-9/h5-8H,1-4H3,(H,16,18)/b10-5+. The van der Waals surface area contributed by atoms with E-state index < -0.39 is 17.7 Å². The normalized spacial score (nSPS) is 11.7. The average molecular weight is 279 g/mol. The minimum Gasteiger partial charge on any atom is -0.464 e. The summed E-state index contributed by atoms with van der Waals surface area (Å²) in [5, 5.41) is 2.34. The van der Waals surface area contributed by atoms with Gasteiger partial charge in [0.2, 0.25) is 0 Å². The van der Waals surface area contributed by atoms with Crippen molar-refractivity contribution >= 4 is 18.1 Å². The first kappa shape index (κ1) is 15.6. The highest BCUT2D eigenvalue weighted by Crippen LogP contribution is 2.09. The molecule has 0 aliphatic carbocycles. The van der Waals surface area contributed by atoms with E-state index in [9.17, 15) is 9.59 Å². The summed E-state index contributed by atoms with van der Waals surface area (Å²) in [6, 6.07) is 0. The van der Waals surface area contributed by atoms with Crippen LogP contribution in [0.4, 0.5) is 4.79 Å². The van der Waals surface area contributed by atoms with Crippen molar-refractivity contribution < 1.29 is 19.1 Å². The number of esters is 1. The predicted molar refractivity (Wildman–Crippen MR) is 71.4 cm³/mol. The summed E-state index contributed by atoms with van der Waals surface area (Å²) in [5.74, 6) is -0.695. The first-order chi connectivity index (χ1) is 9.31. The number of amides is 1. The topological polar surface area (TPSA) is 90.4 Å². The molecule has 0 aliphatic rings. The summed E-state index contributed by atoms with van der Waals surface area (Å²) in [6.07, 6.45) is 5.00. The van der Waals surface area contributed by atoms with Gasteiger partial charge in [-0.2, -0.15) is 0 Å². The summed E-state index contributed by atoms with van der Waals surface area (Å²) < 4.78 is 9.67. The molecule has 20 heavy (non-hydrogen) atoms. The summed E-state index contributed by atoms with van der Waals surface area (Å²) in [6.45, 7) is 5.16. The van der Waals surface area contributed by atoms with Gasteiger partial charge in [-0.25, -0.2) is 19.6 Å². The number of aromatic nitrogens is 2. The van der Waals surface area contributed by atoms with Crippen LogP contribution in [0.1, 0.15) is 26.3 Å². The number of hydrogen-bond acceptors (Lipinski definition) is 6. The monoisotopic (exact) mass is 279 g/mol. The number of rotatable bonds is 3. The van der Waals surface area contributed by atoms with E-state index in [4.69, 9.17) is 4.74 Å². The van der Waals surface area contributed by atoms with E-state index in [0.717, 1.165) is 0 Å². The fraction of sp³-hybridized carbons (Fsp3) is 0.385. The molecule has 0 atom stereocenters. The van der Waals surface area contributed by atoms with Gasteiger partial charge in [0.25, 0.3) is 0 Å². The fourth-order valence-corrected chi connectivity index (χ4v) is 1.22. The second-order valence-electron chi connectivity index (χ2n) is 4.85. The number of carbonyl (C=O) groups is 2. The third-order valence-corrected chi connectivity index (χ3v) is 1.93. The number of alkyl carbamates (subject to hydrolysis) is 1. The first-order valence-corrected chi connectivity index (χ1v) is 5.87. The molecule has 0 aromatic carbocycles. The third kappa shape index (κ3) is 5.47. The Morgan fingerprint density at radius 3 is 2.35 bits per heavy atom. The van der Waals surface area contributed by atoms with Crippen LogP contribution in [0.15, 0.2) is 24.4 Å². The van der Waals surface area contributed by atoms with E-state index in [1.807, 2.05) is 0 Å². The molecule has 0 bridgehead atoms. The summed E-state index contributed by atoms with van der Waals surface area (Å²) in [5.41, 5.74) is -0.179. The minimum absolute atomic E-state index is 0.0587. The van der Waals surface area contributed by atoms with Crippen LogP contribution in [0, 0.1) is 0 Å². The van der Waals surface area contributed by atoms with Gasteiger partial charge in [-0.1, -0.05) is 0 Å². The lowest BCUT2D eigenvalue weighted by atomic mass is 10.2. The Labute approximate surface area is 117 Å². The maximum absolute atomic E-state index is 11.7. The zero-order valence-corrected chi connectivity index (χ0v) is 11.8. The molecule has 0 aliphatic heterocycles. The molecule has 0 saturated carbocycles. The van der Waals surface area contributed by atoms with Crippen molar-refractivity contribution in [3.05, 3.63) is 30.0 Å². The Bertz CT molecular complexity index is 506. The average Bonchev–Trinajstić information content (AvgIpc) is 2.36. The molecular formula is C13H17N3O4. The van der Waals surface area contributed by atoms with Crippen LogP contribution in [-0.2, 0) is 14.3 Å². The largest absolute Gasteiger partial charge is 0.464 e. The molecule has 1 aromatic heterocycles. The molecular weight excluding hydrogens is 262 g/mol. The Morgan fingerprint density at radius 2 is 1.85 bits per heavy atom. The number of nitrogens with zero attached hydrogens (tertiary/aromatic N) is 2. The fourth-order valence-electron chi connectivity index (χ4n) is 1.22. The highest BCUT2D eigenvalue weighted by Gasteiger charge is 2.20. The molecule has 0 spiro atoms. The van der Waals surface area contributed by atoms with Gasteiger partial charge in [0.1, 0.15) is 17.6 Å².